The number of hydrogen-bond acceptors (Lipinski definition) is 2. The molecule has 0 saturated carbocycles. The number of halogens is 3. The Morgan fingerprint density at radius 2 is 1.67 bits per heavy atom. The van der Waals surface area contributed by atoms with Gasteiger partial charge in [-0.25, -0.2) is 0 Å². The van der Waals surface area contributed by atoms with E-state index in [4.69, 9.17) is 0 Å². The predicted octanol–water partition coefficient (Wildman–Crippen LogP) is 4.65. The van der Waals surface area contributed by atoms with Gasteiger partial charge in [0.1, 0.15) is 5.75 Å². The number of benzene rings is 2. The maximum atomic E-state index is 12.0. The number of nitrogens with one attached hydrogen (secondary N) is 1. The van der Waals surface area contributed by atoms with Gasteiger partial charge in [0.05, 0.1) is 0 Å². The normalized spacial score (nSPS) is 10.9. The van der Waals surface area contributed by atoms with Gasteiger partial charge < -0.3 is 10.1 Å². The summed E-state index contributed by atoms with van der Waals surface area (Å²) in [5.74, 6) is 0.177. The first-order chi connectivity index (χ1) is 10.0. The number of hydrogen-bond donors (Lipinski definition) is 1. The van der Waals surface area contributed by atoms with Gasteiger partial charge in [-0.05, 0) is 41.8 Å². The molecular weight excluding hydrogens is 340 g/mol. The van der Waals surface area contributed by atoms with E-state index >= 15 is 0 Å². The van der Waals surface area contributed by atoms with Crippen molar-refractivity contribution in [2.24, 2.45) is 0 Å². The van der Waals surface area contributed by atoms with Gasteiger partial charge in [0, 0.05) is 17.6 Å². The summed E-state index contributed by atoms with van der Waals surface area (Å²) < 4.78 is 29.5. The van der Waals surface area contributed by atoms with Gasteiger partial charge in [-0.1, -0.05) is 40.2 Å². The molecule has 0 atom stereocenters. The fourth-order valence-corrected chi connectivity index (χ4v) is 2.31. The quantitative estimate of drug-likeness (QED) is 0.814. The fraction of sp³-hybridized carbons (Fsp3) is 0.250. The zero-order chi connectivity index (χ0) is 15.2. The Balaban J connectivity index is 1.84. The third-order valence-corrected chi connectivity index (χ3v) is 3.90. The summed E-state index contributed by atoms with van der Waals surface area (Å²) in [6, 6.07) is 12.9. The minimum Gasteiger partial charge on any atom is -0.435 e. The van der Waals surface area contributed by atoms with Crippen molar-refractivity contribution in [1.29, 1.82) is 0 Å². The molecule has 5 heteroatoms. The summed E-state index contributed by atoms with van der Waals surface area (Å²) in [6.45, 7) is 0.674. The molecule has 0 aliphatic carbocycles. The largest absolute Gasteiger partial charge is 0.435 e. The van der Waals surface area contributed by atoms with Crippen molar-refractivity contribution < 1.29 is 13.5 Å². The Morgan fingerprint density at radius 1 is 1.05 bits per heavy atom. The minimum atomic E-state index is -2.78. The molecule has 2 rings (SSSR count). The van der Waals surface area contributed by atoms with Crippen molar-refractivity contribution >= 4 is 15.9 Å². The lowest BCUT2D eigenvalue weighted by atomic mass is 10.1. The van der Waals surface area contributed by atoms with Crippen molar-refractivity contribution in [3.05, 3.63) is 63.6 Å². The molecule has 0 fully saturated rings. The van der Waals surface area contributed by atoms with Crippen LogP contribution in [0, 0.1) is 6.92 Å². The lowest BCUT2D eigenvalue weighted by molar-refractivity contribution is -0.0498. The molecule has 0 bridgehead atoms. The summed E-state index contributed by atoms with van der Waals surface area (Å²) in [5, 5.41) is 3.32. The van der Waals surface area contributed by atoms with E-state index in [9.17, 15) is 8.78 Å². The van der Waals surface area contributed by atoms with Crippen LogP contribution in [0.1, 0.15) is 16.7 Å². The zero-order valence-electron chi connectivity index (χ0n) is 11.6. The molecule has 112 valence electrons. The van der Waals surface area contributed by atoms with Gasteiger partial charge in [-0.3, -0.25) is 0 Å². The first-order valence-corrected chi connectivity index (χ1v) is 7.33. The van der Waals surface area contributed by atoms with Gasteiger partial charge in [0.15, 0.2) is 0 Å². The van der Waals surface area contributed by atoms with E-state index in [2.05, 4.69) is 44.2 Å². The van der Waals surface area contributed by atoms with Crippen LogP contribution in [0.2, 0.25) is 0 Å². The van der Waals surface area contributed by atoms with Gasteiger partial charge in [0.2, 0.25) is 0 Å². The van der Waals surface area contributed by atoms with E-state index in [0.717, 1.165) is 16.6 Å². The lowest BCUT2D eigenvalue weighted by Gasteiger charge is -2.08. The first kappa shape index (κ1) is 15.9. The van der Waals surface area contributed by atoms with Crippen LogP contribution in [-0.4, -0.2) is 6.61 Å². The van der Waals surface area contributed by atoms with Crippen molar-refractivity contribution in [3.8, 4) is 5.75 Å². The average Bonchev–Trinajstić information content (AvgIpc) is 2.44. The monoisotopic (exact) mass is 355 g/mol. The number of aryl methyl sites for hydroxylation is 1. The smallest absolute Gasteiger partial charge is 0.387 e. The SMILES string of the molecule is Cc1ccc(CNCc2ccc(OC(F)F)cc2)cc1Br. The standard InChI is InChI=1S/C16H16BrF2NO/c1-11-2-3-13(8-15(11)17)10-20-9-12-4-6-14(7-5-12)21-16(18)19/h2-8,16,20H,9-10H2,1H3. The molecule has 2 nitrogen and oxygen atoms in total. The second-order valence-corrected chi connectivity index (χ2v) is 5.56. The molecule has 2 aromatic rings. The third-order valence-electron chi connectivity index (χ3n) is 3.04. The van der Waals surface area contributed by atoms with E-state index in [-0.39, 0.29) is 5.75 Å². The topological polar surface area (TPSA) is 21.3 Å². The number of alkyl halides is 2. The Kier molecular flexibility index (Phi) is 5.70. The number of ether oxygens (including phenoxy) is 1. The molecule has 0 aliphatic rings. The molecule has 21 heavy (non-hydrogen) atoms. The Bertz CT molecular complexity index is 587. The van der Waals surface area contributed by atoms with E-state index in [0.29, 0.717) is 6.54 Å². The molecule has 0 heterocycles. The van der Waals surface area contributed by atoms with E-state index < -0.39 is 6.61 Å². The Hall–Kier alpha value is -1.46. The van der Waals surface area contributed by atoms with Crippen molar-refractivity contribution in [2.45, 2.75) is 26.6 Å². The molecule has 0 unspecified atom stereocenters. The zero-order valence-corrected chi connectivity index (χ0v) is 13.2. The van der Waals surface area contributed by atoms with Crippen LogP contribution in [0.4, 0.5) is 8.78 Å². The minimum absolute atomic E-state index is 0.177. The van der Waals surface area contributed by atoms with E-state index in [1.54, 1.807) is 24.3 Å². The molecule has 0 aromatic heterocycles. The molecule has 0 aliphatic heterocycles. The van der Waals surface area contributed by atoms with Gasteiger partial charge in [0.25, 0.3) is 0 Å². The van der Waals surface area contributed by atoms with Crippen LogP contribution in [0.5, 0.6) is 5.75 Å². The van der Waals surface area contributed by atoms with Crippen LogP contribution in [0.15, 0.2) is 46.9 Å². The highest BCUT2D eigenvalue weighted by atomic mass is 79.9. The molecule has 0 saturated heterocycles. The van der Waals surface area contributed by atoms with Crippen LogP contribution in [-0.2, 0) is 13.1 Å². The summed E-state index contributed by atoms with van der Waals surface area (Å²) in [4.78, 5) is 0. The Labute approximate surface area is 131 Å². The van der Waals surface area contributed by atoms with Crippen molar-refractivity contribution in [1.82, 2.24) is 5.32 Å². The fourth-order valence-electron chi connectivity index (χ4n) is 1.89. The third kappa shape index (κ3) is 5.10. The average molecular weight is 356 g/mol. The molecule has 0 spiro atoms. The van der Waals surface area contributed by atoms with Gasteiger partial charge in [-0.15, -0.1) is 0 Å². The second kappa shape index (κ2) is 7.52. The van der Waals surface area contributed by atoms with Crippen LogP contribution < -0.4 is 10.1 Å². The van der Waals surface area contributed by atoms with Crippen molar-refractivity contribution in [3.63, 3.8) is 0 Å². The summed E-state index contributed by atoms with van der Waals surface area (Å²) in [6.07, 6.45) is 0. The summed E-state index contributed by atoms with van der Waals surface area (Å²) in [5.41, 5.74) is 3.40. The molecular formula is C16H16BrF2NO. The number of rotatable bonds is 6. The predicted molar refractivity (Wildman–Crippen MR) is 82.5 cm³/mol. The van der Waals surface area contributed by atoms with Crippen LogP contribution in [0.25, 0.3) is 0 Å². The highest BCUT2D eigenvalue weighted by Crippen LogP contribution is 2.18. The lowest BCUT2D eigenvalue weighted by Crippen LogP contribution is -2.12. The van der Waals surface area contributed by atoms with Gasteiger partial charge >= 0.3 is 6.61 Å². The molecule has 2 aromatic carbocycles. The van der Waals surface area contributed by atoms with E-state index in [1.165, 1.54) is 11.1 Å². The summed E-state index contributed by atoms with van der Waals surface area (Å²) in [7, 11) is 0. The molecule has 0 amide bonds. The highest BCUT2D eigenvalue weighted by Gasteiger charge is 2.03. The molecule has 0 radical (unpaired) electrons. The maximum Gasteiger partial charge on any atom is 0.387 e. The highest BCUT2D eigenvalue weighted by molar-refractivity contribution is 9.10. The summed E-state index contributed by atoms with van der Waals surface area (Å²) >= 11 is 3.51. The second-order valence-electron chi connectivity index (χ2n) is 4.71. The maximum absolute atomic E-state index is 12.0. The van der Waals surface area contributed by atoms with Gasteiger partial charge in [-0.2, -0.15) is 8.78 Å². The van der Waals surface area contributed by atoms with Crippen LogP contribution in [0.3, 0.4) is 0 Å². The Morgan fingerprint density at radius 3 is 2.29 bits per heavy atom. The van der Waals surface area contributed by atoms with E-state index in [1.807, 2.05) is 6.92 Å². The first-order valence-electron chi connectivity index (χ1n) is 6.54. The van der Waals surface area contributed by atoms with Crippen molar-refractivity contribution in [2.75, 3.05) is 0 Å². The molecule has 1 N–H and O–H groups in total. The van der Waals surface area contributed by atoms with Crippen LogP contribution >= 0.6 is 15.9 Å².